The number of nitrogens with two attached hydrogens (primary N) is 1. The average molecular weight is 420 g/mol. The number of nitrogens with one attached hydrogen (secondary N) is 1. The molecule has 29 heavy (non-hydrogen) atoms. The first-order chi connectivity index (χ1) is 13.4. The van der Waals surface area contributed by atoms with E-state index in [9.17, 15) is 9.59 Å². The molecule has 7 nitrogen and oxygen atoms in total. The predicted octanol–water partition coefficient (Wildman–Crippen LogP) is 2.54. The van der Waals surface area contributed by atoms with E-state index in [1.54, 1.807) is 37.3 Å². The third-order valence-electron chi connectivity index (χ3n) is 4.65. The second-order valence-corrected chi connectivity index (χ2v) is 6.79. The van der Waals surface area contributed by atoms with Crippen molar-refractivity contribution >= 4 is 29.9 Å². The van der Waals surface area contributed by atoms with Crippen molar-refractivity contribution in [1.29, 1.82) is 0 Å². The third-order valence-corrected chi connectivity index (χ3v) is 4.65. The highest BCUT2D eigenvalue weighted by atomic mass is 35.5. The van der Waals surface area contributed by atoms with Crippen molar-refractivity contribution in [3.05, 3.63) is 54.1 Å². The maximum atomic E-state index is 13.0. The number of hydrogen-bond acceptors (Lipinski definition) is 5. The van der Waals surface area contributed by atoms with Crippen molar-refractivity contribution in [2.75, 3.05) is 31.6 Å². The summed E-state index contributed by atoms with van der Waals surface area (Å²) in [5.74, 6) is 0.622. The molecule has 2 aromatic carbocycles. The minimum absolute atomic E-state index is 0. The molecule has 156 valence electrons. The molecule has 1 aliphatic heterocycles. The van der Waals surface area contributed by atoms with E-state index in [4.69, 9.17) is 15.2 Å². The van der Waals surface area contributed by atoms with Gasteiger partial charge in [0.05, 0.1) is 6.54 Å². The molecule has 1 unspecified atom stereocenters. The van der Waals surface area contributed by atoms with Gasteiger partial charge in [-0.2, -0.15) is 0 Å². The van der Waals surface area contributed by atoms with Crippen LogP contribution in [-0.2, 0) is 15.1 Å². The number of likely N-dealkylation sites (N-methyl/N-ethyl adjacent to an activating group) is 1. The monoisotopic (exact) mass is 419 g/mol. The Bertz CT molecular complexity index is 858. The van der Waals surface area contributed by atoms with Crippen molar-refractivity contribution in [2.45, 2.75) is 19.4 Å². The summed E-state index contributed by atoms with van der Waals surface area (Å²) < 4.78 is 11.0. The van der Waals surface area contributed by atoms with Crippen molar-refractivity contribution in [3.63, 3.8) is 0 Å². The molecule has 1 heterocycles. The zero-order chi connectivity index (χ0) is 20.1. The molecule has 0 saturated carbocycles. The van der Waals surface area contributed by atoms with Crippen molar-refractivity contribution < 1.29 is 19.1 Å². The second-order valence-electron chi connectivity index (χ2n) is 6.79. The van der Waals surface area contributed by atoms with E-state index in [0.717, 1.165) is 0 Å². The number of amides is 2. The van der Waals surface area contributed by atoms with Gasteiger partial charge in [0, 0.05) is 18.3 Å². The normalized spacial score (nSPS) is 14.2. The quantitative estimate of drug-likeness (QED) is 0.750. The van der Waals surface area contributed by atoms with Gasteiger partial charge in [0.15, 0.2) is 11.5 Å². The molecular formula is C21H26ClN3O4. The fourth-order valence-corrected chi connectivity index (χ4v) is 3.06. The van der Waals surface area contributed by atoms with Crippen LogP contribution in [0, 0.1) is 0 Å². The number of halogens is 1. The van der Waals surface area contributed by atoms with Gasteiger partial charge in [0.1, 0.15) is 18.8 Å². The number of nitrogens with zero attached hydrogens (tertiary/aromatic N) is 1. The molecule has 8 heteroatoms. The van der Waals surface area contributed by atoms with E-state index in [1.807, 2.05) is 25.1 Å². The summed E-state index contributed by atoms with van der Waals surface area (Å²) in [6.45, 7) is 4.72. The highest BCUT2D eigenvalue weighted by Crippen LogP contribution is 2.32. The standard InChI is InChI=1S/C21H25N3O4.ClH/c1-3-24(20(26)21(2,22)15-7-5-4-6-8-15)14-19(25)23-16-9-10-17-18(13-16)28-12-11-27-17;/h4-10,13H,3,11-12,14,22H2,1-2H3,(H,23,25);1H. The largest absolute Gasteiger partial charge is 0.486 e. The van der Waals surface area contributed by atoms with Gasteiger partial charge in [-0.25, -0.2) is 0 Å². The predicted molar refractivity (Wildman–Crippen MR) is 114 cm³/mol. The van der Waals surface area contributed by atoms with Gasteiger partial charge < -0.3 is 25.4 Å². The minimum atomic E-state index is -1.21. The second kappa shape index (κ2) is 9.62. The number of anilines is 1. The number of benzene rings is 2. The Kier molecular flexibility index (Phi) is 7.47. The Morgan fingerprint density at radius 1 is 1.10 bits per heavy atom. The van der Waals surface area contributed by atoms with Gasteiger partial charge >= 0.3 is 0 Å². The Hall–Kier alpha value is -2.77. The number of hydrogen-bond donors (Lipinski definition) is 2. The van der Waals surface area contributed by atoms with Crippen LogP contribution in [0.2, 0.25) is 0 Å². The number of ether oxygens (including phenoxy) is 2. The first kappa shape index (κ1) is 22.5. The van der Waals surface area contributed by atoms with Crippen molar-refractivity contribution in [1.82, 2.24) is 4.90 Å². The van der Waals surface area contributed by atoms with Crippen LogP contribution in [-0.4, -0.2) is 43.0 Å². The Morgan fingerprint density at radius 2 is 1.76 bits per heavy atom. The Balaban J connectivity index is 0.00000300. The summed E-state index contributed by atoms with van der Waals surface area (Å²) in [5, 5.41) is 2.79. The lowest BCUT2D eigenvalue weighted by Gasteiger charge is -2.31. The summed E-state index contributed by atoms with van der Waals surface area (Å²) in [6.07, 6.45) is 0. The Morgan fingerprint density at radius 3 is 2.41 bits per heavy atom. The van der Waals surface area contributed by atoms with Crippen LogP contribution in [0.15, 0.2) is 48.5 Å². The minimum Gasteiger partial charge on any atom is -0.486 e. The molecule has 0 fully saturated rings. The molecule has 1 aliphatic rings. The Labute approximate surface area is 176 Å². The van der Waals surface area contributed by atoms with Gasteiger partial charge in [0.2, 0.25) is 11.8 Å². The summed E-state index contributed by atoms with van der Waals surface area (Å²) >= 11 is 0. The van der Waals surface area contributed by atoms with Crippen LogP contribution in [0.25, 0.3) is 0 Å². The molecular weight excluding hydrogens is 394 g/mol. The summed E-state index contributed by atoms with van der Waals surface area (Å²) in [5.41, 5.74) is 6.38. The highest BCUT2D eigenvalue weighted by Gasteiger charge is 2.34. The van der Waals surface area contributed by atoms with E-state index in [2.05, 4.69) is 5.32 Å². The summed E-state index contributed by atoms with van der Waals surface area (Å²) in [7, 11) is 0. The number of carbonyl (C=O) groups excluding carboxylic acids is 2. The van der Waals surface area contributed by atoms with Crippen molar-refractivity contribution in [3.8, 4) is 11.5 Å². The highest BCUT2D eigenvalue weighted by molar-refractivity contribution is 5.96. The third kappa shape index (κ3) is 5.19. The molecule has 0 bridgehead atoms. The first-order valence-corrected chi connectivity index (χ1v) is 9.25. The molecule has 0 spiro atoms. The van der Waals surface area contributed by atoms with E-state index in [-0.39, 0.29) is 30.8 Å². The van der Waals surface area contributed by atoms with E-state index in [1.165, 1.54) is 4.90 Å². The summed E-state index contributed by atoms with van der Waals surface area (Å²) in [4.78, 5) is 26.9. The molecule has 0 aliphatic carbocycles. The maximum absolute atomic E-state index is 13.0. The lowest BCUT2D eigenvalue weighted by molar-refractivity contribution is -0.139. The molecule has 0 saturated heterocycles. The van der Waals surface area contributed by atoms with Gasteiger partial charge in [-0.05, 0) is 31.5 Å². The van der Waals surface area contributed by atoms with Crippen LogP contribution in [0.1, 0.15) is 19.4 Å². The molecule has 2 amide bonds. The van der Waals surface area contributed by atoms with Crippen LogP contribution < -0.4 is 20.5 Å². The first-order valence-electron chi connectivity index (χ1n) is 9.25. The van der Waals surface area contributed by atoms with Gasteiger partial charge in [-0.15, -0.1) is 12.4 Å². The molecule has 3 N–H and O–H groups in total. The van der Waals surface area contributed by atoms with Crippen LogP contribution in [0.4, 0.5) is 5.69 Å². The molecule has 3 rings (SSSR count). The zero-order valence-corrected chi connectivity index (χ0v) is 17.3. The van der Waals surface area contributed by atoms with Gasteiger partial charge in [0.25, 0.3) is 0 Å². The SMILES string of the molecule is CCN(CC(=O)Nc1ccc2c(c1)OCCO2)C(=O)C(C)(N)c1ccccc1.Cl. The lowest BCUT2D eigenvalue weighted by atomic mass is 9.91. The lowest BCUT2D eigenvalue weighted by Crippen LogP contribution is -2.52. The van der Waals surface area contributed by atoms with Gasteiger partial charge in [-0.1, -0.05) is 30.3 Å². The maximum Gasteiger partial charge on any atom is 0.247 e. The fraction of sp³-hybridized carbons (Fsp3) is 0.333. The van der Waals surface area contributed by atoms with Crippen LogP contribution in [0.3, 0.4) is 0 Å². The molecule has 1 atom stereocenters. The van der Waals surface area contributed by atoms with Crippen molar-refractivity contribution in [2.24, 2.45) is 5.73 Å². The topological polar surface area (TPSA) is 93.9 Å². The zero-order valence-electron chi connectivity index (χ0n) is 16.5. The van der Waals surface area contributed by atoms with E-state index in [0.29, 0.717) is 42.5 Å². The fourth-order valence-electron chi connectivity index (χ4n) is 3.06. The van der Waals surface area contributed by atoms with Crippen LogP contribution >= 0.6 is 12.4 Å². The molecule has 0 aromatic heterocycles. The average Bonchev–Trinajstić information content (AvgIpc) is 2.72. The number of carbonyl (C=O) groups is 2. The van der Waals surface area contributed by atoms with E-state index >= 15 is 0 Å². The van der Waals surface area contributed by atoms with E-state index < -0.39 is 5.54 Å². The number of fused-ring (bicyclic) bond motifs is 1. The summed E-state index contributed by atoms with van der Waals surface area (Å²) in [6, 6.07) is 14.3. The smallest absolute Gasteiger partial charge is 0.247 e. The molecule has 0 radical (unpaired) electrons. The van der Waals surface area contributed by atoms with Gasteiger partial charge in [-0.3, -0.25) is 9.59 Å². The number of rotatable bonds is 6. The van der Waals surface area contributed by atoms with Crippen LogP contribution in [0.5, 0.6) is 11.5 Å². The molecule has 2 aromatic rings.